The number of benzene rings is 2. The van der Waals surface area contributed by atoms with Gasteiger partial charge in [-0.3, -0.25) is 0 Å². The van der Waals surface area contributed by atoms with Crippen LogP contribution in [0.15, 0.2) is 51.4 Å². The van der Waals surface area contributed by atoms with Crippen LogP contribution in [0, 0.1) is 0 Å². The number of rotatable bonds is 5. The third-order valence-corrected chi connectivity index (χ3v) is 4.38. The highest BCUT2D eigenvalue weighted by molar-refractivity contribution is 9.10. The second-order valence-corrected chi connectivity index (χ2v) is 6.56. The smallest absolute Gasteiger partial charge is 0.0426 e. The molecule has 0 saturated heterocycles. The van der Waals surface area contributed by atoms with Gasteiger partial charge in [0.1, 0.15) is 0 Å². The summed E-state index contributed by atoms with van der Waals surface area (Å²) in [6.45, 7) is 1.76. The Morgan fingerprint density at radius 1 is 1.10 bits per heavy atom. The minimum Gasteiger partial charge on any atom is -0.370 e. The van der Waals surface area contributed by atoms with Gasteiger partial charge < -0.3 is 10.2 Å². The van der Waals surface area contributed by atoms with Crippen molar-refractivity contribution in [1.29, 1.82) is 0 Å². The monoisotopic (exact) mass is 396 g/mol. The zero-order valence-electron chi connectivity index (χ0n) is 11.7. The van der Waals surface area contributed by atoms with Gasteiger partial charge in [0.25, 0.3) is 0 Å². The van der Waals surface area contributed by atoms with Crippen molar-refractivity contribution in [3.05, 3.63) is 62.5 Å². The average molecular weight is 398 g/mol. The Bertz CT molecular complexity index is 584. The highest BCUT2D eigenvalue weighted by Crippen LogP contribution is 2.25. The van der Waals surface area contributed by atoms with Gasteiger partial charge in [-0.1, -0.05) is 50.1 Å². The molecule has 0 amide bonds. The summed E-state index contributed by atoms with van der Waals surface area (Å²) < 4.78 is 2.26. The number of hydrogen-bond acceptors (Lipinski definition) is 2. The number of hydrogen-bond donors (Lipinski definition) is 1. The Morgan fingerprint density at radius 3 is 2.55 bits per heavy atom. The second-order valence-electron chi connectivity index (χ2n) is 4.79. The minimum absolute atomic E-state index is 0.871. The predicted octanol–water partition coefficient (Wildman–Crippen LogP) is 4.57. The standard InChI is InChI=1S/C16H18Br2N2/c1-19-10-13-6-7-15(9-16(13)18)20(2)11-12-4-3-5-14(17)8-12/h3-9,19H,10-11H2,1-2H3. The zero-order valence-corrected chi connectivity index (χ0v) is 14.8. The fraction of sp³-hybridized carbons (Fsp3) is 0.250. The van der Waals surface area contributed by atoms with Crippen LogP contribution < -0.4 is 10.2 Å². The van der Waals surface area contributed by atoms with Crippen LogP contribution in [-0.4, -0.2) is 14.1 Å². The summed E-state index contributed by atoms with van der Waals surface area (Å²) in [6.07, 6.45) is 0. The van der Waals surface area contributed by atoms with Gasteiger partial charge in [-0.25, -0.2) is 0 Å². The number of anilines is 1. The highest BCUT2D eigenvalue weighted by Gasteiger charge is 2.06. The van der Waals surface area contributed by atoms with Crippen molar-refractivity contribution < 1.29 is 0 Å². The molecule has 2 aromatic rings. The lowest BCUT2D eigenvalue weighted by molar-refractivity contribution is 0.813. The first kappa shape index (κ1) is 15.5. The third kappa shape index (κ3) is 4.08. The Balaban J connectivity index is 2.13. The van der Waals surface area contributed by atoms with Crippen LogP contribution in [0.5, 0.6) is 0 Å². The summed E-state index contributed by atoms with van der Waals surface area (Å²) in [5.41, 5.74) is 3.76. The van der Waals surface area contributed by atoms with E-state index in [4.69, 9.17) is 0 Å². The predicted molar refractivity (Wildman–Crippen MR) is 93.2 cm³/mol. The summed E-state index contributed by atoms with van der Waals surface area (Å²) >= 11 is 7.15. The van der Waals surface area contributed by atoms with Crippen molar-refractivity contribution in [2.24, 2.45) is 0 Å². The molecule has 0 aliphatic rings. The fourth-order valence-electron chi connectivity index (χ4n) is 2.11. The molecule has 4 heteroatoms. The van der Waals surface area contributed by atoms with E-state index in [1.165, 1.54) is 16.8 Å². The molecule has 0 aliphatic carbocycles. The summed E-state index contributed by atoms with van der Waals surface area (Å²) in [6, 6.07) is 14.9. The van der Waals surface area contributed by atoms with Gasteiger partial charge in [0.05, 0.1) is 0 Å². The summed E-state index contributed by atoms with van der Waals surface area (Å²) in [5.74, 6) is 0. The maximum absolute atomic E-state index is 3.64. The van der Waals surface area contributed by atoms with E-state index in [0.717, 1.165) is 22.0 Å². The number of halogens is 2. The van der Waals surface area contributed by atoms with E-state index in [9.17, 15) is 0 Å². The maximum atomic E-state index is 3.64. The van der Waals surface area contributed by atoms with Crippen LogP contribution in [0.1, 0.15) is 11.1 Å². The summed E-state index contributed by atoms with van der Waals surface area (Å²) in [7, 11) is 4.07. The highest BCUT2D eigenvalue weighted by atomic mass is 79.9. The van der Waals surface area contributed by atoms with Crippen molar-refractivity contribution >= 4 is 37.5 Å². The number of nitrogens with one attached hydrogen (secondary N) is 1. The molecule has 20 heavy (non-hydrogen) atoms. The summed E-state index contributed by atoms with van der Waals surface area (Å²) in [5, 5.41) is 3.17. The van der Waals surface area contributed by atoms with E-state index in [1.54, 1.807) is 0 Å². The summed E-state index contributed by atoms with van der Waals surface area (Å²) in [4.78, 5) is 2.25. The molecule has 0 radical (unpaired) electrons. The lowest BCUT2D eigenvalue weighted by atomic mass is 10.1. The van der Waals surface area contributed by atoms with Crippen LogP contribution in [-0.2, 0) is 13.1 Å². The molecule has 2 rings (SSSR count). The number of nitrogens with zero attached hydrogens (tertiary/aromatic N) is 1. The second kappa shape index (κ2) is 7.25. The SMILES string of the molecule is CNCc1ccc(N(C)Cc2cccc(Br)c2)cc1Br. The molecule has 1 N–H and O–H groups in total. The van der Waals surface area contributed by atoms with Gasteiger partial charge in [-0.05, 0) is 42.4 Å². The van der Waals surface area contributed by atoms with E-state index in [0.29, 0.717) is 0 Å². The first-order valence-electron chi connectivity index (χ1n) is 6.49. The minimum atomic E-state index is 0.871. The fourth-order valence-corrected chi connectivity index (χ4v) is 3.06. The quantitative estimate of drug-likeness (QED) is 0.794. The molecule has 0 spiro atoms. The third-order valence-electron chi connectivity index (χ3n) is 3.15. The van der Waals surface area contributed by atoms with Crippen molar-refractivity contribution in [2.45, 2.75) is 13.1 Å². The Morgan fingerprint density at radius 2 is 1.90 bits per heavy atom. The van der Waals surface area contributed by atoms with Crippen molar-refractivity contribution in [3.63, 3.8) is 0 Å². The molecule has 0 atom stereocenters. The first-order valence-corrected chi connectivity index (χ1v) is 8.07. The van der Waals surface area contributed by atoms with Crippen LogP contribution in [0.2, 0.25) is 0 Å². The molecular weight excluding hydrogens is 380 g/mol. The molecule has 2 nitrogen and oxygen atoms in total. The van der Waals surface area contributed by atoms with Crippen LogP contribution in [0.3, 0.4) is 0 Å². The maximum Gasteiger partial charge on any atom is 0.0426 e. The van der Waals surface area contributed by atoms with E-state index < -0.39 is 0 Å². The van der Waals surface area contributed by atoms with E-state index in [-0.39, 0.29) is 0 Å². The Hall–Kier alpha value is -0.840. The lowest BCUT2D eigenvalue weighted by Gasteiger charge is -2.20. The van der Waals surface area contributed by atoms with Crippen LogP contribution >= 0.6 is 31.9 Å². The first-order chi connectivity index (χ1) is 9.60. The van der Waals surface area contributed by atoms with E-state index in [1.807, 2.05) is 13.1 Å². The largest absolute Gasteiger partial charge is 0.370 e. The molecular formula is C16H18Br2N2. The van der Waals surface area contributed by atoms with Gasteiger partial charge in [-0.2, -0.15) is 0 Å². The Kier molecular flexibility index (Phi) is 5.64. The van der Waals surface area contributed by atoms with Gasteiger partial charge in [0.15, 0.2) is 0 Å². The average Bonchev–Trinajstić information content (AvgIpc) is 2.41. The van der Waals surface area contributed by atoms with Gasteiger partial charge in [-0.15, -0.1) is 0 Å². The topological polar surface area (TPSA) is 15.3 Å². The molecule has 0 aliphatic heterocycles. The molecule has 0 saturated carbocycles. The van der Waals surface area contributed by atoms with Crippen LogP contribution in [0.4, 0.5) is 5.69 Å². The van der Waals surface area contributed by atoms with E-state index >= 15 is 0 Å². The van der Waals surface area contributed by atoms with Gasteiger partial charge in [0.2, 0.25) is 0 Å². The van der Waals surface area contributed by atoms with Gasteiger partial charge >= 0.3 is 0 Å². The van der Waals surface area contributed by atoms with E-state index in [2.05, 4.69) is 85.5 Å². The molecule has 106 valence electrons. The zero-order chi connectivity index (χ0) is 14.5. The molecule has 2 aromatic carbocycles. The normalized spacial score (nSPS) is 10.6. The molecule has 0 aromatic heterocycles. The lowest BCUT2D eigenvalue weighted by Crippen LogP contribution is -2.16. The molecule has 0 fully saturated rings. The van der Waals surface area contributed by atoms with Crippen molar-refractivity contribution in [3.8, 4) is 0 Å². The van der Waals surface area contributed by atoms with Crippen molar-refractivity contribution in [1.82, 2.24) is 5.32 Å². The van der Waals surface area contributed by atoms with Gasteiger partial charge in [0, 0.05) is 34.8 Å². The molecule has 0 unspecified atom stereocenters. The Labute approximate surface area is 137 Å². The van der Waals surface area contributed by atoms with Crippen LogP contribution in [0.25, 0.3) is 0 Å². The van der Waals surface area contributed by atoms with Crippen molar-refractivity contribution in [2.75, 3.05) is 19.0 Å². The molecule has 0 bridgehead atoms. The molecule has 0 heterocycles.